The summed E-state index contributed by atoms with van der Waals surface area (Å²) in [5, 5.41) is 0. The summed E-state index contributed by atoms with van der Waals surface area (Å²) in [7, 11) is 2.13. The van der Waals surface area contributed by atoms with Gasteiger partial charge in [0.15, 0.2) is 0 Å². The molecule has 3 atom stereocenters. The van der Waals surface area contributed by atoms with Crippen LogP contribution in [0.3, 0.4) is 0 Å². The zero-order valence-corrected chi connectivity index (χ0v) is 16.3. The molecule has 1 amide bonds. The molecule has 5 nitrogen and oxygen atoms in total. The highest BCUT2D eigenvalue weighted by atomic mass is 16.5. The summed E-state index contributed by atoms with van der Waals surface area (Å²) in [5.41, 5.74) is -0.0266. The molecule has 0 aromatic carbocycles. The minimum absolute atomic E-state index is 0.0710. The van der Waals surface area contributed by atoms with Gasteiger partial charge < -0.3 is 14.5 Å². The molecule has 2 saturated carbocycles. The van der Waals surface area contributed by atoms with Gasteiger partial charge in [-0.1, -0.05) is 0 Å². The Kier molecular flexibility index (Phi) is 4.62. The fourth-order valence-corrected chi connectivity index (χ4v) is 5.93. The fourth-order valence-electron chi connectivity index (χ4n) is 5.93. The minimum Gasteiger partial charge on any atom is -0.366 e. The SMILES string of the molecule is CN1CCN(C(=O)CCN2CC(C)(C)O[C@@]3(C[C@@H]4CC[C@H]3C4)C2)CC1. The summed E-state index contributed by atoms with van der Waals surface area (Å²) in [6, 6.07) is 0. The number of carbonyl (C=O) groups excluding carboxylic acids is 1. The predicted octanol–water partition coefficient (Wildman–Crippen LogP) is 1.82. The van der Waals surface area contributed by atoms with E-state index < -0.39 is 0 Å². The van der Waals surface area contributed by atoms with E-state index in [4.69, 9.17) is 4.74 Å². The minimum atomic E-state index is -0.0976. The molecule has 25 heavy (non-hydrogen) atoms. The van der Waals surface area contributed by atoms with E-state index in [1.165, 1.54) is 25.7 Å². The van der Waals surface area contributed by atoms with Gasteiger partial charge in [-0.3, -0.25) is 9.69 Å². The molecule has 2 aliphatic carbocycles. The van der Waals surface area contributed by atoms with E-state index in [9.17, 15) is 4.79 Å². The Balaban J connectivity index is 1.35. The van der Waals surface area contributed by atoms with Crippen LogP contribution in [-0.2, 0) is 9.53 Å². The lowest BCUT2D eigenvalue weighted by atomic mass is 9.81. The van der Waals surface area contributed by atoms with Crippen molar-refractivity contribution in [1.29, 1.82) is 0 Å². The number of morpholine rings is 1. The Bertz CT molecular complexity index is 515. The molecule has 2 heterocycles. The van der Waals surface area contributed by atoms with Gasteiger partial charge in [0, 0.05) is 52.2 Å². The van der Waals surface area contributed by atoms with Gasteiger partial charge in [-0.05, 0) is 58.4 Å². The highest BCUT2D eigenvalue weighted by Gasteiger charge is 2.56. The topological polar surface area (TPSA) is 36.0 Å². The first-order valence-electron chi connectivity index (χ1n) is 10.2. The molecule has 4 rings (SSSR count). The number of hydrogen-bond donors (Lipinski definition) is 0. The summed E-state index contributed by atoms with van der Waals surface area (Å²) >= 11 is 0. The van der Waals surface area contributed by atoms with Gasteiger partial charge in [0.05, 0.1) is 11.2 Å². The average Bonchev–Trinajstić information content (AvgIpc) is 3.12. The molecule has 2 bridgehead atoms. The number of fused-ring (bicyclic) bond motifs is 3. The lowest BCUT2D eigenvalue weighted by Crippen LogP contribution is -2.61. The third kappa shape index (κ3) is 3.60. The molecular formula is C20H35N3O2. The first-order valence-corrected chi connectivity index (χ1v) is 10.2. The smallest absolute Gasteiger partial charge is 0.223 e. The second-order valence-electron chi connectivity index (χ2n) is 9.65. The van der Waals surface area contributed by atoms with Crippen LogP contribution in [0.2, 0.25) is 0 Å². The zero-order valence-electron chi connectivity index (χ0n) is 16.3. The maximum absolute atomic E-state index is 12.6. The van der Waals surface area contributed by atoms with E-state index in [-0.39, 0.29) is 11.2 Å². The number of ether oxygens (including phenoxy) is 1. The van der Waals surface area contributed by atoms with Crippen LogP contribution in [0.15, 0.2) is 0 Å². The third-order valence-corrected chi connectivity index (χ3v) is 6.99. The Morgan fingerprint density at radius 2 is 1.88 bits per heavy atom. The van der Waals surface area contributed by atoms with E-state index in [1.54, 1.807) is 0 Å². The van der Waals surface area contributed by atoms with Crippen molar-refractivity contribution in [3.05, 3.63) is 0 Å². The standard InChI is InChI=1S/C20H35N3O2/c1-19(2)14-22(7-6-18(24)23-10-8-21(3)9-11-23)15-20(25-19)13-16-4-5-17(20)12-16/h16-17H,4-15H2,1-3H3/t16-,17+,20+/m1/s1. The highest BCUT2D eigenvalue weighted by molar-refractivity contribution is 5.76. The maximum Gasteiger partial charge on any atom is 0.223 e. The lowest BCUT2D eigenvalue weighted by Gasteiger charge is -2.52. The number of nitrogens with zero attached hydrogens (tertiary/aromatic N) is 3. The Morgan fingerprint density at radius 3 is 2.52 bits per heavy atom. The van der Waals surface area contributed by atoms with Crippen LogP contribution in [0.4, 0.5) is 0 Å². The van der Waals surface area contributed by atoms with E-state index >= 15 is 0 Å². The maximum atomic E-state index is 12.6. The first-order chi connectivity index (χ1) is 11.9. The Morgan fingerprint density at radius 1 is 1.12 bits per heavy atom. The van der Waals surface area contributed by atoms with Crippen LogP contribution in [0.5, 0.6) is 0 Å². The van der Waals surface area contributed by atoms with Gasteiger partial charge in [0.1, 0.15) is 0 Å². The molecule has 142 valence electrons. The molecule has 4 fully saturated rings. The largest absolute Gasteiger partial charge is 0.366 e. The van der Waals surface area contributed by atoms with Crippen molar-refractivity contribution in [2.75, 3.05) is 52.9 Å². The molecule has 0 unspecified atom stereocenters. The van der Waals surface area contributed by atoms with Crippen LogP contribution >= 0.6 is 0 Å². The lowest BCUT2D eigenvalue weighted by molar-refractivity contribution is -0.217. The van der Waals surface area contributed by atoms with Crippen molar-refractivity contribution in [2.24, 2.45) is 11.8 Å². The summed E-state index contributed by atoms with van der Waals surface area (Å²) in [4.78, 5) is 19.5. The normalized spacial score (nSPS) is 38.6. The van der Waals surface area contributed by atoms with Crippen molar-refractivity contribution in [3.8, 4) is 0 Å². The molecule has 5 heteroatoms. The molecule has 0 aromatic rings. The van der Waals surface area contributed by atoms with Crippen molar-refractivity contribution in [2.45, 2.75) is 57.2 Å². The molecule has 2 aliphatic heterocycles. The molecule has 1 spiro atoms. The molecule has 0 aromatic heterocycles. The summed E-state index contributed by atoms with van der Waals surface area (Å²) < 4.78 is 6.68. The van der Waals surface area contributed by atoms with E-state index in [0.29, 0.717) is 12.3 Å². The van der Waals surface area contributed by atoms with Crippen molar-refractivity contribution >= 4 is 5.91 Å². The molecule has 0 radical (unpaired) electrons. The Hall–Kier alpha value is -0.650. The first kappa shape index (κ1) is 17.7. The molecule has 0 N–H and O–H groups in total. The van der Waals surface area contributed by atoms with Crippen LogP contribution in [0.1, 0.15) is 46.0 Å². The van der Waals surface area contributed by atoms with Crippen LogP contribution in [0, 0.1) is 11.8 Å². The number of piperazine rings is 1. The van der Waals surface area contributed by atoms with Gasteiger partial charge in [-0.2, -0.15) is 0 Å². The molecule has 2 saturated heterocycles. The van der Waals surface area contributed by atoms with Gasteiger partial charge in [-0.25, -0.2) is 0 Å². The third-order valence-electron chi connectivity index (χ3n) is 6.99. The van der Waals surface area contributed by atoms with E-state index in [0.717, 1.165) is 57.6 Å². The molecular weight excluding hydrogens is 314 g/mol. The fraction of sp³-hybridized carbons (Fsp3) is 0.950. The van der Waals surface area contributed by atoms with Crippen molar-refractivity contribution in [3.63, 3.8) is 0 Å². The second kappa shape index (κ2) is 6.50. The quantitative estimate of drug-likeness (QED) is 0.779. The van der Waals surface area contributed by atoms with Gasteiger partial charge >= 0.3 is 0 Å². The second-order valence-corrected chi connectivity index (χ2v) is 9.65. The van der Waals surface area contributed by atoms with Crippen LogP contribution in [0.25, 0.3) is 0 Å². The number of carbonyl (C=O) groups is 1. The van der Waals surface area contributed by atoms with Gasteiger partial charge in [-0.15, -0.1) is 0 Å². The van der Waals surface area contributed by atoms with Crippen molar-refractivity contribution in [1.82, 2.24) is 14.7 Å². The van der Waals surface area contributed by atoms with Crippen molar-refractivity contribution < 1.29 is 9.53 Å². The number of hydrogen-bond acceptors (Lipinski definition) is 4. The Labute approximate surface area is 152 Å². The highest BCUT2D eigenvalue weighted by Crippen LogP contribution is 2.55. The molecule has 4 aliphatic rings. The van der Waals surface area contributed by atoms with Gasteiger partial charge in [0.2, 0.25) is 5.91 Å². The zero-order chi connectivity index (χ0) is 17.7. The number of amides is 1. The summed E-state index contributed by atoms with van der Waals surface area (Å²) in [6.07, 6.45) is 6.00. The van der Waals surface area contributed by atoms with Crippen LogP contribution in [-0.4, -0.2) is 84.7 Å². The van der Waals surface area contributed by atoms with E-state index in [1.807, 2.05) is 0 Å². The monoisotopic (exact) mass is 349 g/mol. The predicted molar refractivity (Wildman–Crippen MR) is 98.5 cm³/mol. The summed E-state index contributed by atoms with van der Waals surface area (Å²) in [6.45, 7) is 11.1. The van der Waals surface area contributed by atoms with E-state index in [2.05, 4.69) is 35.6 Å². The van der Waals surface area contributed by atoms with Crippen LogP contribution < -0.4 is 0 Å². The number of rotatable bonds is 3. The number of likely N-dealkylation sites (N-methyl/N-ethyl adjacent to an activating group) is 1. The van der Waals surface area contributed by atoms with Gasteiger partial charge in [0.25, 0.3) is 0 Å². The summed E-state index contributed by atoms with van der Waals surface area (Å²) in [5.74, 6) is 1.96. The average molecular weight is 350 g/mol.